The van der Waals surface area contributed by atoms with E-state index >= 15 is 0 Å². The Bertz CT molecular complexity index is 696. The molecule has 0 unspecified atom stereocenters. The molecule has 0 aromatic rings. The Morgan fingerprint density at radius 1 is 0.784 bits per heavy atom. The number of rotatable bonds is 17. The van der Waals surface area contributed by atoms with E-state index in [-0.39, 0.29) is 32.1 Å². The van der Waals surface area contributed by atoms with Crippen molar-refractivity contribution in [2.24, 2.45) is 11.3 Å². The van der Waals surface area contributed by atoms with Gasteiger partial charge in [-0.05, 0) is 39.5 Å². The fraction of sp³-hybridized carbons (Fsp3) is 0.857. The summed E-state index contributed by atoms with van der Waals surface area (Å²) in [4.78, 5) is 49.3. The molecule has 0 saturated carbocycles. The Labute approximate surface area is 224 Å². The minimum Gasteiger partial charge on any atom is -0.465 e. The molecule has 216 valence electrons. The van der Waals surface area contributed by atoms with Crippen LogP contribution >= 0.6 is 0 Å². The van der Waals surface area contributed by atoms with Crippen LogP contribution in [0.2, 0.25) is 0 Å². The normalized spacial score (nSPS) is 13.3. The summed E-state index contributed by atoms with van der Waals surface area (Å²) in [5.41, 5.74) is -1.05. The zero-order valence-electron chi connectivity index (χ0n) is 24.5. The highest BCUT2D eigenvalue weighted by Gasteiger charge is 2.32. The minimum absolute atomic E-state index is 0.00329. The zero-order chi connectivity index (χ0) is 28.5. The molecule has 0 aliphatic rings. The maximum atomic E-state index is 13.3. The summed E-state index contributed by atoms with van der Waals surface area (Å²) in [6.07, 6.45) is 7.61. The van der Waals surface area contributed by atoms with Gasteiger partial charge in [0.2, 0.25) is 5.91 Å². The molecular formula is C28H52N2O7. The number of nitrogens with one attached hydrogen (secondary N) is 2. The van der Waals surface area contributed by atoms with E-state index in [9.17, 15) is 19.2 Å². The summed E-state index contributed by atoms with van der Waals surface area (Å²) in [5, 5.41) is 5.33. The predicted molar refractivity (Wildman–Crippen MR) is 144 cm³/mol. The van der Waals surface area contributed by atoms with E-state index in [1.807, 2.05) is 20.8 Å². The maximum Gasteiger partial charge on any atom is 0.407 e. The monoisotopic (exact) mass is 528 g/mol. The van der Waals surface area contributed by atoms with Gasteiger partial charge < -0.3 is 24.8 Å². The van der Waals surface area contributed by atoms with Crippen LogP contribution in [0.25, 0.3) is 0 Å². The van der Waals surface area contributed by atoms with Gasteiger partial charge in [-0.1, -0.05) is 72.6 Å². The molecular weight excluding hydrogens is 476 g/mol. The third-order valence-corrected chi connectivity index (χ3v) is 5.79. The molecule has 0 bridgehead atoms. The first-order valence-corrected chi connectivity index (χ1v) is 13.8. The molecule has 0 saturated heterocycles. The van der Waals surface area contributed by atoms with Crippen molar-refractivity contribution in [1.82, 2.24) is 10.6 Å². The average Bonchev–Trinajstić information content (AvgIpc) is 2.77. The molecule has 9 nitrogen and oxygen atoms in total. The third kappa shape index (κ3) is 18.6. The van der Waals surface area contributed by atoms with Crippen LogP contribution in [0.4, 0.5) is 4.79 Å². The SMILES string of the molecule is CCCCCCCCC[C@H](CC(=O)OC(C)(C)C)C(=O)N[C@H](COC(=O)NCC(=O)OCC)C(C)(C)C. The minimum atomic E-state index is -0.773. The van der Waals surface area contributed by atoms with Gasteiger partial charge in [0.1, 0.15) is 18.8 Å². The van der Waals surface area contributed by atoms with Gasteiger partial charge in [0.05, 0.1) is 19.1 Å². The van der Waals surface area contributed by atoms with Gasteiger partial charge in [-0.3, -0.25) is 14.4 Å². The number of unbranched alkanes of at least 4 members (excludes halogenated alkanes) is 6. The average molecular weight is 529 g/mol. The van der Waals surface area contributed by atoms with Gasteiger partial charge in [0, 0.05) is 5.92 Å². The molecule has 0 fully saturated rings. The number of ether oxygens (including phenoxy) is 3. The van der Waals surface area contributed by atoms with Gasteiger partial charge in [-0.2, -0.15) is 0 Å². The lowest BCUT2D eigenvalue weighted by molar-refractivity contribution is -0.157. The predicted octanol–water partition coefficient (Wildman–Crippen LogP) is 5.30. The highest BCUT2D eigenvalue weighted by atomic mass is 16.6. The second kappa shape index (κ2) is 18.0. The van der Waals surface area contributed by atoms with Crippen LogP contribution in [0.3, 0.4) is 0 Å². The third-order valence-electron chi connectivity index (χ3n) is 5.79. The van der Waals surface area contributed by atoms with Crippen molar-refractivity contribution in [3.05, 3.63) is 0 Å². The van der Waals surface area contributed by atoms with E-state index in [1.165, 1.54) is 25.7 Å². The fourth-order valence-corrected chi connectivity index (χ4v) is 3.62. The molecule has 0 aliphatic carbocycles. The lowest BCUT2D eigenvalue weighted by atomic mass is 9.86. The van der Waals surface area contributed by atoms with Crippen molar-refractivity contribution in [2.45, 2.75) is 125 Å². The van der Waals surface area contributed by atoms with Crippen LogP contribution in [0, 0.1) is 11.3 Å². The summed E-state index contributed by atoms with van der Waals surface area (Å²) >= 11 is 0. The Morgan fingerprint density at radius 3 is 1.92 bits per heavy atom. The van der Waals surface area contributed by atoms with Gasteiger partial charge in [0.25, 0.3) is 0 Å². The van der Waals surface area contributed by atoms with Crippen LogP contribution in [0.15, 0.2) is 0 Å². The molecule has 0 aromatic carbocycles. The Kier molecular flexibility index (Phi) is 16.9. The number of carbonyl (C=O) groups is 4. The van der Waals surface area contributed by atoms with E-state index in [4.69, 9.17) is 14.2 Å². The van der Waals surface area contributed by atoms with Crippen LogP contribution in [-0.2, 0) is 28.6 Å². The molecule has 0 radical (unpaired) electrons. The number of hydrogen-bond acceptors (Lipinski definition) is 7. The van der Waals surface area contributed by atoms with Crippen molar-refractivity contribution < 1.29 is 33.4 Å². The molecule has 2 amide bonds. The van der Waals surface area contributed by atoms with Crippen molar-refractivity contribution in [1.29, 1.82) is 0 Å². The van der Waals surface area contributed by atoms with Crippen LogP contribution < -0.4 is 10.6 Å². The topological polar surface area (TPSA) is 120 Å². The van der Waals surface area contributed by atoms with Gasteiger partial charge in [-0.25, -0.2) is 4.79 Å². The van der Waals surface area contributed by atoms with E-state index in [0.29, 0.717) is 6.42 Å². The van der Waals surface area contributed by atoms with Crippen LogP contribution in [0.1, 0.15) is 113 Å². The summed E-state index contributed by atoms with van der Waals surface area (Å²) in [6, 6.07) is -0.497. The van der Waals surface area contributed by atoms with Crippen LogP contribution in [0.5, 0.6) is 0 Å². The number of esters is 2. The summed E-state index contributed by atoms with van der Waals surface area (Å²) < 4.78 is 15.5. The van der Waals surface area contributed by atoms with Crippen molar-refractivity contribution in [3.8, 4) is 0 Å². The Morgan fingerprint density at radius 2 is 1.38 bits per heavy atom. The first kappa shape index (κ1) is 34.7. The number of carbonyl (C=O) groups excluding carboxylic acids is 4. The second-order valence-electron chi connectivity index (χ2n) is 11.6. The largest absolute Gasteiger partial charge is 0.465 e. The molecule has 2 N–H and O–H groups in total. The van der Waals surface area contributed by atoms with Gasteiger partial charge >= 0.3 is 18.0 Å². The standard InChI is InChI=1S/C28H52N2O7/c1-9-11-12-13-14-15-16-17-21(18-23(31)37-28(6,7)8)25(33)30-22(27(3,4)5)20-36-26(34)29-19-24(32)35-10-2/h21-22H,9-20H2,1-8H3,(H,29,34)(H,30,33)/t21-,22-/m1/s1. The summed E-state index contributed by atoms with van der Waals surface area (Å²) in [6.45, 7) is 14.9. The lowest BCUT2D eigenvalue weighted by Crippen LogP contribution is -2.50. The fourth-order valence-electron chi connectivity index (χ4n) is 3.62. The number of alkyl carbamates (subject to hydrolysis) is 1. The van der Waals surface area contributed by atoms with E-state index in [0.717, 1.165) is 19.3 Å². The van der Waals surface area contributed by atoms with Crippen molar-refractivity contribution in [3.63, 3.8) is 0 Å². The van der Waals surface area contributed by atoms with E-state index in [1.54, 1.807) is 27.7 Å². The Hall–Kier alpha value is -2.32. The van der Waals surface area contributed by atoms with E-state index < -0.39 is 41.0 Å². The summed E-state index contributed by atoms with van der Waals surface area (Å²) in [5.74, 6) is -1.76. The molecule has 0 heterocycles. The van der Waals surface area contributed by atoms with Crippen molar-refractivity contribution >= 4 is 23.9 Å². The highest BCUT2D eigenvalue weighted by Crippen LogP contribution is 2.23. The number of amides is 2. The first-order valence-electron chi connectivity index (χ1n) is 13.8. The van der Waals surface area contributed by atoms with Gasteiger partial charge in [-0.15, -0.1) is 0 Å². The molecule has 9 heteroatoms. The Balaban J connectivity index is 5.11. The molecule has 0 spiro atoms. The molecule has 37 heavy (non-hydrogen) atoms. The first-order chi connectivity index (χ1) is 17.2. The molecule has 0 rings (SSSR count). The molecule has 0 aliphatic heterocycles. The zero-order valence-corrected chi connectivity index (χ0v) is 24.5. The van der Waals surface area contributed by atoms with Crippen molar-refractivity contribution in [2.75, 3.05) is 19.8 Å². The second-order valence-corrected chi connectivity index (χ2v) is 11.6. The molecule has 0 aromatic heterocycles. The highest BCUT2D eigenvalue weighted by molar-refractivity contribution is 5.84. The van der Waals surface area contributed by atoms with E-state index in [2.05, 4.69) is 17.6 Å². The quantitative estimate of drug-likeness (QED) is 0.149. The van der Waals surface area contributed by atoms with Crippen LogP contribution in [-0.4, -0.2) is 55.3 Å². The summed E-state index contributed by atoms with van der Waals surface area (Å²) in [7, 11) is 0. The van der Waals surface area contributed by atoms with Gasteiger partial charge in [0.15, 0.2) is 0 Å². The lowest BCUT2D eigenvalue weighted by Gasteiger charge is -2.32. The smallest absolute Gasteiger partial charge is 0.407 e. The molecule has 2 atom stereocenters. The number of hydrogen-bond donors (Lipinski definition) is 2. The maximum absolute atomic E-state index is 13.3.